The third-order valence-corrected chi connectivity index (χ3v) is 4.78. The van der Waals surface area contributed by atoms with Gasteiger partial charge in [0.15, 0.2) is 0 Å². The smallest absolute Gasteiger partial charge is 0.263 e. The van der Waals surface area contributed by atoms with E-state index in [9.17, 15) is 10.1 Å². The maximum Gasteiger partial charge on any atom is 0.263 e. The van der Waals surface area contributed by atoms with Gasteiger partial charge in [0.2, 0.25) is 0 Å². The van der Waals surface area contributed by atoms with E-state index >= 15 is 0 Å². The molecule has 5 heteroatoms. The first kappa shape index (κ1) is 23.0. The summed E-state index contributed by atoms with van der Waals surface area (Å²) in [6.45, 7) is 12.8. The summed E-state index contributed by atoms with van der Waals surface area (Å²) < 4.78 is 5.68. The lowest BCUT2D eigenvalue weighted by molar-refractivity contribution is -0.117. The van der Waals surface area contributed by atoms with Crippen LogP contribution in [0.1, 0.15) is 57.4 Å². The van der Waals surface area contributed by atoms with Crippen LogP contribution in [0.2, 0.25) is 0 Å². The van der Waals surface area contributed by atoms with Crippen molar-refractivity contribution in [3.05, 3.63) is 70.9 Å². The number of nitriles is 1. The number of benzene rings is 2. The van der Waals surface area contributed by atoms with Crippen LogP contribution in [0, 0.1) is 18.3 Å². The summed E-state index contributed by atoms with van der Waals surface area (Å²) in [5.41, 5.74) is 4.06. The van der Waals surface area contributed by atoms with Gasteiger partial charge in [0, 0.05) is 17.5 Å². The molecule has 0 aromatic heterocycles. The van der Waals surface area contributed by atoms with Gasteiger partial charge in [0.1, 0.15) is 17.4 Å². The summed E-state index contributed by atoms with van der Waals surface area (Å²) in [5, 5.41) is 15.4. The highest BCUT2D eigenvalue weighted by Crippen LogP contribution is 2.27. The molecule has 2 rings (SSSR count). The van der Waals surface area contributed by atoms with Crippen molar-refractivity contribution in [3.63, 3.8) is 0 Å². The topological polar surface area (TPSA) is 74.1 Å². The minimum atomic E-state index is -0.437. The van der Waals surface area contributed by atoms with Crippen LogP contribution in [0.4, 0.5) is 5.69 Å². The van der Waals surface area contributed by atoms with Crippen molar-refractivity contribution >= 4 is 11.6 Å². The summed E-state index contributed by atoms with van der Waals surface area (Å²) in [6.07, 6.45) is 1.44. The van der Waals surface area contributed by atoms with E-state index < -0.39 is 5.91 Å². The molecule has 158 valence electrons. The molecule has 1 atom stereocenters. The fourth-order valence-electron chi connectivity index (χ4n) is 3.02. The lowest BCUT2D eigenvalue weighted by Crippen LogP contribution is -2.28. The standard InChI is InChI=1S/C25H31N3O2/c1-7-30-23-13-8-17(2)14-22(23)18(3)28-24(29)19(15-26)16-27-21-11-9-20(10-12-21)25(4,5)6/h8-14,16,18,27H,7H2,1-6H3,(H,28,29)/b19-16-. The maximum absolute atomic E-state index is 12.6. The van der Waals surface area contributed by atoms with Crippen LogP contribution in [0.15, 0.2) is 54.2 Å². The normalized spacial score (nSPS) is 12.6. The van der Waals surface area contributed by atoms with Gasteiger partial charge in [0.25, 0.3) is 5.91 Å². The van der Waals surface area contributed by atoms with E-state index in [1.165, 1.54) is 11.8 Å². The number of rotatable bonds is 7. The van der Waals surface area contributed by atoms with Gasteiger partial charge >= 0.3 is 0 Å². The molecule has 0 fully saturated rings. The number of aryl methyl sites for hydroxylation is 1. The van der Waals surface area contributed by atoms with Gasteiger partial charge in [-0.3, -0.25) is 4.79 Å². The molecule has 2 aromatic rings. The van der Waals surface area contributed by atoms with Crippen molar-refractivity contribution in [3.8, 4) is 11.8 Å². The van der Waals surface area contributed by atoms with Crippen LogP contribution in [-0.2, 0) is 10.2 Å². The summed E-state index contributed by atoms with van der Waals surface area (Å²) >= 11 is 0. The molecule has 1 amide bonds. The van der Waals surface area contributed by atoms with Crippen molar-refractivity contribution in [2.24, 2.45) is 0 Å². The zero-order chi connectivity index (χ0) is 22.3. The third-order valence-electron chi connectivity index (χ3n) is 4.78. The van der Waals surface area contributed by atoms with Crippen LogP contribution >= 0.6 is 0 Å². The second kappa shape index (κ2) is 9.98. The highest BCUT2D eigenvalue weighted by atomic mass is 16.5. The number of anilines is 1. The molecule has 0 saturated carbocycles. The van der Waals surface area contributed by atoms with Crippen molar-refractivity contribution in [2.75, 3.05) is 11.9 Å². The molecule has 5 nitrogen and oxygen atoms in total. The summed E-state index contributed by atoms with van der Waals surface area (Å²) in [5.74, 6) is 0.295. The fourth-order valence-corrected chi connectivity index (χ4v) is 3.02. The van der Waals surface area contributed by atoms with Gasteiger partial charge in [0.05, 0.1) is 12.6 Å². The summed E-state index contributed by atoms with van der Waals surface area (Å²) in [4.78, 5) is 12.6. The van der Waals surface area contributed by atoms with Crippen LogP contribution in [-0.4, -0.2) is 12.5 Å². The lowest BCUT2D eigenvalue weighted by atomic mass is 9.87. The fraction of sp³-hybridized carbons (Fsp3) is 0.360. The largest absolute Gasteiger partial charge is 0.494 e. The zero-order valence-electron chi connectivity index (χ0n) is 18.7. The molecule has 0 saturated heterocycles. The second-order valence-electron chi connectivity index (χ2n) is 8.31. The molecular weight excluding hydrogens is 374 g/mol. The number of hydrogen-bond acceptors (Lipinski definition) is 4. The van der Waals surface area contributed by atoms with Gasteiger partial charge in [-0.1, -0.05) is 50.6 Å². The Labute approximate surface area is 179 Å². The van der Waals surface area contributed by atoms with Gasteiger partial charge in [-0.25, -0.2) is 0 Å². The molecule has 2 N–H and O–H groups in total. The molecule has 0 spiro atoms. The number of nitrogens with zero attached hydrogens (tertiary/aromatic N) is 1. The molecule has 0 bridgehead atoms. The highest BCUT2D eigenvalue weighted by Gasteiger charge is 2.17. The molecule has 1 unspecified atom stereocenters. The molecule has 30 heavy (non-hydrogen) atoms. The SMILES string of the molecule is CCOc1ccc(C)cc1C(C)NC(=O)/C(C#N)=C\Nc1ccc(C(C)(C)C)cc1. The summed E-state index contributed by atoms with van der Waals surface area (Å²) in [7, 11) is 0. The quantitative estimate of drug-likeness (QED) is 0.478. The Morgan fingerprint density at radius 1 is 1.20 bits per heavy atom. The van der Waals surface area contributed by atoms with Crippen molar-refractivity contribution in [2.45, 2.75) is 53.0 Å². The van der Waals surface area contributed by atoms with Gasteiger partial charge in [-0.2, -0.15) is 5.26 Å². The molecule has 0 aliphatic carbocycles. The van der Waals surface area contributed by atoms with Crippen LogP contribution in [0.5, 0.6) is 5.75 Å². The highest BCUT2D eigenvalue weighted by molar-refractivity contribution is 5.97. The second-order valence-corrected chi connectivity index (χ2v) is 8.31. The van der Waals surface area contributed by atoms with Crippen LogP contribution in [0.25, 0.3) is 0 Å². The number of carbonyl (C=O) groups excluding carboxylic acids is 1. The van der Waals surface area contributed by atoms with E-state index in [1.54, 1.807) is 0 Å². The molecule has 2 aromatic carbocycles. The third kappa shape index (κ3) is 6.12. The lowest BCUT2D eigenvalue weighted by Gasteiger charge is -2.19. The maximum atomic E-state index is 12.6. The van der Waals surface area contributed by atoms with Crippen molar-refractivity contribution in [1.82, 2.24) is 5.32 Å². The number of ether oxygens (including phenoxy) is 1. The van der Waals surface area contributed by atoms with Crippen LogP contribution in [0.3, 0.4) is 0 Å². The Kier molecular flexibility index (Phi) is 7.66. The number of amides is 1. The molecular formula is C25H31N3O2. The van der Waals surface area contributed by atoms with E-state index in [0.717, 1.165) is 22.6 Å². The van der Waals surface area contributed by atoms with E-state index in [4.69, 9.17) is 4.74 Å². The number of hydrogen-bond donors (Lipinski definition) is 2. The van der Waals surface area contributed by atoms with E-state index in [1.807, 2.05) is 69.3 Å². The number of nitrogens with one attached hydrogen (secondary N) is 2. The summed E-state index contributed by atoms with van der Waals surface area (Å²) in [6, 6.07) is 15.5. The van der Waals surface area contributed by atoms with Crippen molar-refractivity contribution < 1.29 is 9.53 Å². The monoisotopic (exact) mass is 405 g/mol. The van der Waals surface area contributed by atoms with E-state index in [2.05, 4.69) is 31.4 Å². The van der Waals surface area contributed by atoms with Crippen molar-refractivity contribution in [1.29, 1.82) is 5.26 Å². The van der Waals surface area contributed by atoms with Gasteiger partial charge in [-0.15, -0.1) is 0 Å². The van der Waals surface area contributed by atoms with Crippen LogP contribution < -0.4 is 15.4 Å². The van der Waals surface area contributed by atoms with E-state index in [-0.39, 0.29) is 17.0 Å². The predicted molar refractivity (Wildman–Crippen MR) is 121 cm³/mol. The Morgan fingerprint density at radius 2 is 1.87 bits per heavy atom. The van der Waals surface area contributed by atoms with Gasteiger partial charge < -0.3 is 15.4 Å². The zero-order valence-corrected chi connectivity index (χ0v) is 18.7. The minimum absolute atomic E-state index is 0.00682. The van der Waals surface area contributed by atoms with E-state index in [0.29, 0.717) is 6.61 Å². The molecule has 0 radical (unpaired) electrons. The first-order chi connectivity index (χ1) is 14.2. The van der Waals surface area contributed by atoms with Gasteiger partial charge in [-0.05, 0) is 49.9 Å². The average molecular weight is 406 g/mol. The first-order valence-electron chi connectivity index (χ1n) is 10.2. The Bertz CT molecular complexity index is 948. The minimum Gasteiger partial charge on any atom is -0.494 e. The first-order valence-corrected chi connectivity index (χ1v) is 10.2. The molecule has 0 heterocycles. The Morgan fingerprint density at radius 3 is 2.43 bits per heavy atom. The number of carbonyl (C=O) groups is 1. The Hall–Kier alpha value is -3.26. The Balaban J connectivity index is 2.11. The molecule has 0 aliphatic heterocycles. The molecule has 0 aliphatic rings. The average Bonchev–Trinajstić information content (AvgIpc) is 2.69. The predicted octanol–water partition coefficient (Wildman–Crippen LogP) is 5.39.